The van der Waals surface area contributed by atoms with Gasteiger partial charge in [0.15, 0.2) is 5.82 Å². The Hall–Kier alpha value is -3.81. The van der Waals surface area contributed by atoms with Crippen LogP contribution in [0.5, 0.6) is 0 Å². The molecule has 0 aliphatic rings. The van der Waals surface area contributed by atoms with Crippen LogP contribution in [0.15, 0.2) is 59.5 Å². The molecular weight excluding hydrogens is 416 g/mol. The van der Waals surface area contributed by atoms with Crippen LogP contribution in [-0.2, 0) is 6.54 Å². The summed E-state index contributed by atoms with van der Waals surface area (Å²) in [5.41, 5.74) is 4.56. The number of hydrogen-bond acceptors (Lipinski definition) is 5. The standard InChI is InChI=1S/C25H28N6O2/c1-4-8-23(32)31-16-22(17(3)5-2)30(25(31)33)15-18-11-13-19(14-12-18)20-9-6-7-10-21(20)24-26-28-29-27-24/h6-7,9-14,16-17H,4-5,8,15H2,1-3H3,(H,26,27,28,29). The third kappa shape index (κ3) is 4.55. The van der Waals surface area contributed by atoms with Crippen molar-refractivity contribution in [2.45, 2.75) is 52.5 Å². The number of aromatic nitrogens is 6. The largest absolute Gasteiger partial charge is 0.335 e. The van der Waals surface area contributed by atoms with Gasteiger partial charge >= 0.3 is 5.69 Å². The molecule has 1 N–H and O–H groups in total. The molecule has 0 saturated carbocycles. The van der Waals surface area contributed by atoms with Crippen LogP contribution in [0.3, 0.4) is 0 Å². The van der Waals surface area contributed by atoms with Gasteiger partial charge in [0.25, 0.3) is 0 Å². The molecule has 0 saturated heterocycles. The normalized spacial score (nSPS) is 12.1. The summed E-state index contributed by atoms with van der Waals surface area (Å²) in [6, 6.07) is 16.0. The molecule has 4 aromatic rings. The average Bonchev–Trinajstić information content (AvgIpc) is 3.48. The van der Waals surface area contributed by atoms with E-state index in [0.29, 0.717) is 25.2 Å². The molecule has 8 nitrogen and oxygen atoms in total. The molecule has 1 atom stereocenters. The Morgan fingerprint density at radius 1 is 1.06 bits per heavy atom. The summed E-state index contributed by atoms with van der Waals surface area (Å²) in [7, 11) is 0. The fourth-order valence-corrected chi connectivity index (χ4v) is 3.96. The van der Waals surface area contributed by atoms with E-state index < -0.39 is 0 Å². The molecule has 2 aromatic carbocycles. The summed E-state index contributed by atoms with van der Waals surface area (Å²) in [6.07, 6.45) is 3.68. The molecule has 4 rings (SSSR count). The Balaban J connectivity index is 1.66. The number of rotatable bonds is 8. The molecule has 33 heavy (non-hydrogen) atoms. The Bertz CT molecular complexity index is 1290. The van der Waals surface area contributed by atoms with Crippen molar-refractivity contribution in [3.8, 4) is 22.5 Å². The Morgan fingerprint density at radius 2 is 1.79 bits per heavy atom. The quantitative estimate of drug-likeness (QED) is 0.431. The number of hydrogen-bond donors (Lipinski definition) is 1. The van der Waals surface area contributed by atoms with Crippen molar-refractivity contribution in [1.29, 1.82) is 0 Å². The molecule has 0 bridgehead atoms. The third-order valence-electron chi connectivity index (χ3n) is 5.99. The van der Waals surface area contributed by atoms with E-state index in [4.69, 9.17) is 0 Å². The van der Waals surface area contributed by atoms with Crippen LogP contribution in [0.2, 0.25) is 0 Å². The Labute approximate surface area is 192 Å². The van der Waals surface area contributed by atoms with Crippen molar-refractivity contribution in [1.82, 2.24) is 29.8 Å². The van der Waals surface area contributed by atoms with E-state index in [9.17, 15) is 9.59 Å². The highest BCUT2D eigenvalue weighted by molar-refractivity contribution is 5.80. The minimum atomic E-state index is -0.268. The number of carbonyl (C=O) groups is 1. The van der Waals surface area contributed by atoms with Gasteiger partial charge < -0.3 is 0 Å². The predicted octanol–water partition coefficient (Wildman–Crippen LogP) is 4.50. The summed E-state index contributed by atoms with van der Waals surface area (Å²) >= 11 is 0. The molecule has 0 fully saturated rings. The first-order valence-electron chi connectivity index (χ1n) is 11.3. The van der Waals surface area contributed by atoms with E-state index >= 15 is 0 Å². The molecule has 0 radical (unpaired) electrons. The fraction of sp³-hybridized carbons (Fsp3) is 0.320. The van der Waals surface area contributed by atoms with Gasteiger partial charge in [0.05, 0.1) is 6.54 Å². The zero-order valence-corrected chi connectivity index (χ0v) is 19.2. The van der Waals surface area contributed by atoms with E-state index in [0.717, 1.165) is 34.4 Å². The van der Waals surface area contributed by atoms with E-state index in [2.05, 4.69) is 34.5 Å². The zero-order chi connectivity index (χ0) is 23.4. The lowest BCUT2D eigenvalue weighted by Gasteiger charge is -2.13. The first kappa shape index (κ1) is 22.4. The van der Waals surface area contributed by atoms with Crippen molar-refractivity contribution in [2.24, 2.45) is 0 Å². The van der Waals surface area contributed by atoms with Gasteiger partial charge in [-0.3, -0.25) is 9.36 Å². The van der Waals surface area contributed by atoms with Crippen molar-refractivity contribution in [3.63, 3.8) is 0 Å². The summed E-state index contributed by atoms with van der Waals surface area (Å²) < 4.78 is 3.01. The van der Waals surface area contributed by atoms with Crippen LogP contribution >= 0.6 is 0 Å². The van der Waals surface area contributed by atoms with Crippen molar-refractivity contribution >= 4 is 5.91 Å². The monoisotopic (exact) mass is 444 g/mol. The average molecular weight is 445 g/mol. The van der Waals surface area contributed by atoms with E-state index in [1.54, 1.807) is 10.8 Å². The molecule has 0 amide bonds. The minimum Gasteiger partial charge on any atom is -0.291 e. The number of benzene rings is 2. The van der Waals surface area contributed by atoms with E-state index in [-0.39, 0.29) is 17.5 Å². The molecule has 0 spiro atoms. The van der Waals surface area contributed by atoms with Gasteiger partial charge in [-0.05, 0) is 45.9 Å². The number of carbonyl (C=O) groups excluding carboxylic acids is 1. The molecule has 8 heteroatoms. The number of aromatic amines is 1. The van der Waals surface area contributed by atoms with Gasteiger partial charge in [-0.15, -0.1) is 5.10 Å². The van der Waals surface area contributed by atoms with Gasteiger partial charge in [-0.2, -0.15) is 0 Å². The highest BCUT2D eigenvalue weighted by Gasteiger charge is 2.19. The summed E-state index contributed by atoms with van der Waals surface area (Å²) in [5, 5.41) is 14.2. The highest BCUT2D eigenvalue weighted by atomic mass is 16.2. The van der Waals surface area contributed by atoms with Crippen LogP contribution in [0.1, 0.15) is 62.0 Å². The molecule has 0 aliphatic carbocycles. The molecule has 0 aliphatic heterocycles. The zero-order valence-electron chi connectivity index (χ0n) is 19.2. The van der Waals surface area contributed by atoms with Crippen LogP contribution in [-0.4, -0.2) is 35.7 Å². The summed E-state index contributed by atoms with van der Waals surface area (Å²) in [5.74, 6) is 0.632. The van der Waals surface area contributed by atoms with Crippen LogP contribution < -0.4 is 5.69 Å². The molecule has 2 aromatic heterocycles. The van der Waals surface area contributed by atoms with Gasteiger partial charge in [0.1, 0.15) is 0 Å². The number of tetrazole rings is 1. The predicted molar refractivity (Wildman–Crippen MR) is 127 cm³/mol. The van der Waals surface area contributed by atoms with Crippen molar-refractivity contribution in [2.75, 3.05) is 0 Å². The first-order chi connectivity index (χ1) is 16.0. The minimum absolute atomic E-state index is 0.153. The van der Waals surface area contributed by atoms with Crippen molar-refractivity contribution < 1.29 is 4.79 Å². The molecule has 2 heterocycles. The Morgan fingerprint density at radius 3 is 2.42 bits per heavy atom. The summed E-state index contributed by atoms with van der Waals surface area (Å²) in [4.78, 5) is 25.5. The Kier molecular flexibility index (Phi) is 6.63. The first-order valence-corrected chi connectivity index (χ1v) is 11.3. The maximum absolute atomic E-state index is 13.1. The maximum atomic E-state index is 13.1. The molecule has 170 valence electrons. The summed E-state index contributed by atoms with van der Waals surface area (Å²) in [6.45, 7) is 6.52. The maximum Gasteiger partial charge on any atom is 0.335 e. The molecule has 1 unspecified atom stereocenters. The number of imidazole rings is 1. The lowest BCUT2D eigenvalue weighted by molar-refractivity contribution is 0.0897. The fourth-order valence-electron chi connectivity index (χ4n) is 3.96. The van der Waals surface area contributed by atoms with Crippen LogP contribution in [0.4, 0.5) is 0 Å². The van der Waals surface area contributed by atoms with Crippen molar-refractivity contribution in [3.05, 3.63) is 76.5 Å². The van der Waals surface area contributed by atoms with E-state index in [1.807, 2.05) is 55.5 Å². The van der Waals surface area contributed by atoms with Gasteiger partial charge in [0, 0.05) is 23.9 Å². The van der Waals surface area contributed by atoms with Crippen LogP contribution in [0.25, 0.3) is 22.5 Å². The smallest absolute Gasteiger partial charge is 0.291 e. The van der Waals surface area contributed by atoms with Gasteiger partial charge in [0.2, 0.25) is 5.91 Å². The second kappa shape index (κ2) is 9.77. The van der Waals surface area contributed by atoms with Gasteiger partial charge in [-0.25, -0.2) is 14.5 Å². The second-order valence-corrected chi connectivity index (χ2v) is 8.24. The third-order valence-corrected chi connectivity index (χ3v) is 5.99. The van der Waals surface area contributed by atoms with Gasteiger partial charge in [-0.1, -0.05) is 69.3 Å². The number of nitrogens with zero attached hydrogens (tertiary/aromatic N) is 5. The van der Waals surface area contributed by atoms with Crippen LogP contribution in [0, 0.1) is 0 Å². The lowest BCUT2D eigenvalue weighted by atomic mass is 9.98. The highest BCUT2D eigenvalue weighted by Crippen LogP contribution is 2.30. The second-order valence-electron chi connectivity index (χ2n) is 8.24. The SMILES string of the molecule is CCCC(=O)n1cc(C(C)CC)n(Cc2ccc(-c3ccccc3-c3nnn[nH]3)cc2)c1=O. The lowest BCUT2D eigenvalue weighted by Crippen LogP contribution is -2.29. The number of H-pyrrole nitrogens is 1. The van der Waals surface area contributed by atoms with E-state index in [1.165, 1.54) is 4.57 Å². The topological polar surface area (TPSA) is 98.5 Å². The number of nitrogens with one attached hydrogen (secondary N) is 1. The molecular formula is C25H28N6O2.